The highest BCUT2D eigenvalue weighted by atomic mass is 32.1. The third-order valence-corrected chi connectivity index (χ3v) is 2.88. The number of thiocarbonyl (C=S) groups is 1. The smallest absolute Gasteiger partial charge is 0.103 e. The second-order valence-corrected chi connectivity index (χ2v) is 4.11. The van der Waals surface area contributed by atoms with Crippen molar-refractivity contribution >= 4 is 17.2 Å². The van der Waals surface area contributed by atoms with Gasteiger partial charge in [0.25, 0.3) is 0 Å². The van der Waals surface area contributed by atoms with Crippen LogP contribution in [0.25, 0.3) is 0 Å². The summed E-state index contributed by atoms with van der Waals surface area (Å²) in [6, 6.07) is 0. The molecule has 1 aliphatic heterocycles. The fraction of sp³-hybridized carbons (Fsp3) is 0.625. The van der Waals surface area contributed by atoms with Gasteiger partial charge in [-0.15, -0.1) is 0 Å². The summed E-state index contributed by atoms with van der Waals surface area (Å²) < 4.78 is 0. The maximum atomic E-state index is 5.92. The summed E-state index contributed by atoms with van der Waals surface area (Å²) in [5, 5.41) is 0. The molecule has 0 saturated carbocycles. The number of nitrogens with zero attached hydrogens (tertiary/aromatic N) is 1. The third-order valence-electron chi connectivity index (χ3n) is 2.63. The summed E-state index contributed by atoms with van der Waals surface area (Å²) in [5.41, 5.74) is 13.1. The lowest BCUT2D eigenvalue weighted by Crippen LogP contribution is -2.40. The number of rotatable bonds is 1. The molecule has 0 aromatic carbocycles. The zero-order valence-corrected chi connectivity index (χ0v) is 8.53. The molecule has 0 amide bonds. The Hall–Kier alpha value is -0.610. The van der Waals surface area contributed by atoms with Crippen LogP contribution in [-0.2, 0) is 0 Å². The minimum atomic E-state index is -0.112. The maximum Gasteiger partial charge on any atom is 0.103 e. The van der Waals surface area contributed by atoms with Gasteiger partial charge in [0.1, 0.15) is 4.99 Å². The second kappa shape index (κ2) is 2.71. The summed E-state index contributed by atoms with van der Waals surface area (Å²) in [6.07, 6.45) is 0. The Labute approximate surface area is 78.4 Å². The highest BCUT2D eigenvalue weighted by molar-refractivity contribution is 7.80. The van der Waals surface area contributed by atoms with Gasteiger partial charge in [0.15, 0.2) is 0 Å². The van der Waals surface area contributed by atoms with Crippen LogP contribution in [-0.4, -0.2) is 29.0 Å². The van der Waals surface area contributed by atoms with Crippen molar-refractivity contribution in [1.29, 1.82) is 0 Å². The van der Waals surface area contributed by atoms with Gasteiger partial charge in [0.2, 0.25) is 0 Å². The Morgan fingerprint density at radius 3 is 2.25 bits per heavy atom. The molecule has 3 nitrogen and oxygen atoms in total. The van der Waals surface area contributed by atoms with Crippen LogP contribution in [0.15, 0.2) is 11.3 Å². The summed E-state index contributed by atoms with van der Waals surface area (Å²) in [7, 11) is 2.01. The van der Waals surface area contributed by atoms with Crippen LogP contribution < -0.4 is 11.5 Å². The Balaban J connectivity index is 3.06. The van der Waals surface area contributed by atoms with E-state index in [1.54, 1.807) is 0 Å². The molecule has 68 valence electrons. The average Bonchev–Trinajstić information content (AvgIpc) is 2.13. The van der Waals surface area contributed by atoms with Gasteiger partial charge < -0.3 is 11.5 Å². The number of nitrogens with two attached hydrogens (primary N) is 2. The first-order valence-electron chi connectivity index (χ1n) is 3.87. The molecule has 0 aromatic rings. The molecule has 0 atom stereocenters. The minimum absolute atomic E-state index is 0.112. The molecule has 4 N–H and O–H groups in total. The van der Waals surface area contributed by atoms with Crippen LogP contribution in [0.4, 0.5) is 0 Å². The van der Waals surface area contributed by atoms with E-state index in [-0.39, 0.29) is 5.54 Å². The lowest BCUT2D eigenvalue weighted by Gasteiger charge is -2.28. The largest absolute Gasteiger partial charge is 0.400 e. The van der Waals surface area contributed by atoms with E-state index < -0.39 is 0 Å². The van der Waals surface area contributed by atoms with Crippen molar-refractivity contribution in [3.8, 4) is 0 Å². The van der Waals surface area contributed by atoms with Crippen molar-refractivity contribution in [2.45, 2.75) is 19.4 Å². The fourth-order valence-electron chi connectivity index (χ4n) is 1.31. The molecule has 12 heavy (non-hydrogen) atoms. The zero-order valence-electron chi connectivity index (χ0n) is 7.72. The van der Waals surface area contributed by atoms with Crippen LogP contribution in [0.2, 0.25) is 0 Å². The highest BCUT2D eigenvalue weighted by Crippen LogP contribution is 2.29. The van der Waals surface area contributed by atoms with E-state index in [4.69, 9.17) is 23.7 Å². The van der Waals surface area contributed by atoms with Crippen LogP contribution in [0.5, 0.6) is 0 Å². The van der Waals surface area contributed by atoms with Gasteiger partial charge in [-0.3, -0.25) is 4.90 Å². The van der Waals surface area contributed by atoms with Gasteiger partial charge in [-0.1, -0.05) is 12.2 Å². The Morgan fingerprint density at radius 1 is 1.58 bits per heavy atom. The lowest BCUT2D eigenvalue weighted by molar-refractivity contribution is 0.235. The number of likely N-dealkylation sites (N-methyl/N-ethyl adjacent to an activating group) is 1. The lowest BCUT2D eigenvalue weighted by atomic mass is 10.0. The van der Waals surface area contributed by atoms with Gasteiger partial charge in [0.05, 0.1) is 5.54 Å². The molecule has 0 bridgehead atoms. The van der Waals surface area contributed by atoms with Crippen molar-refractivity contribution in [3.05, 3.63) is 11.3 Å². The fourth-order valence-corrected chi connectivity index (χ4v) is 1.48. The molecule has 1 aliphatic rings. The summed E-state index contributed by atoms with van der Waals surface area (Å²) in [5.74, 6) is 0. The summed E-state index contributed by atoms with van der Waals surface area (Å²) in [4.78, 5) is 2.56. The maximum absolute atomic E-state index is 5.92. The Bertz CT molecular complexity index is 255. The van der Waals surface area contributed by atoms with Gasteiger partial charge >= 0.3 is 0 Å². The number of hydrogen-bond acceptors (Lipinski definition) is 3. The van der Waals surface area contributed by atoms with Crippen LogP contribution in [0.1, 0.15) is 13.8 Å². The average molecular weight is 185 g/mol. The molecule has 1 rings (SSSR count). The monoisotopic (exact) mass is 185 g/mol. The first-order valence-corrected chi connectivity index (χ1v) is 4.28. The van der Waals surface area contributed by atoms with E-state index in [0.29, 0.717) is 4.99 Å². The summed E-state index contributed by atoms with van der Waals surface area (Å²) >= 11 is 4.90. The van der Waals surface area contributed by atoms with E-state index in [0.717, 1.165) is 17.8 Å². The van der Waals surface area contributed by atoms with E-state index in [2.05, 4.69) is 18.7 Å². The van der Waals surface area contributed by atoms with E-state index in [1.807, 2.05) is 7.05 Å². The zero-order chi connectivity index (χ0) is 9.52. The SMILES string of the molecule is CN1CC(C(N)=S)=C(N)C1(C)C. The predicted molar refractivity (Wildman–Crippen MR) is 54.7 cm³/mol. The predicted octanol–water partition coefficient (Wildman–Crippen LogP) is 0.209. The standard InChI is InChI=1S/C8H15N3S/c1-8(2)6(9)5(7(10)12)4-11(8)3/h4,9H2,1-3H3,(H2,10,12). The van der Waals surface area contributed by atoms with E-state index >= 15 is 0 Å². The van der Waals surface area contributed by atoms with Crippen molar-refractivity contribution < 1.29 is 0 Å². The number of hydrogen-bond donors (Lipinski definition) is 2. The van der Waals surface area contributed by atoms with Crippen LogP contribution >= 0.6 is 12.2 Å². The normalized spacial score (nSPS) is 23.2. The Morgan fingerprint density at radius 2 is 2.08 bits per heavy atom. The van der Waals surface area contributed by atoms with Crippen LogP contribution in [0.3, 0.4) is 0 Å². The second-order valence-electron chi connectivity index (χ2n) is 3.67. The molecule has 0 aromatic heterocycles. The summed E-state index contributed by atoms with van der Waals surface area (Å²) in [6.45, 7) is 4.88. The highest BCUT2D eigenvalue weighted by Gasteiger charge is 2.36. The molecule has 1 heterocycles. The molecule has 0 unspecified atom stereocenters. The van der Waals surface area contributed by atoms with Gasteiger partial charge in [-0.2, -0.15) is 0 Å². The van der Waals surface area contributed by atoms with Gasteiger partial charge in [-0.25, -0.2) is 0 Å². The van der Waals surface area contributed by atoms with Crippen molar-refractivity contribution in [3.63, 3.8) is 0 Å². The molecule has 0 saturated heterocycles. The first kappa shape index (κ1) is 9.48. The topological polar surface area (TPSA) is 55.3 Å². The molecular formula is C8H15N3S. The van der Waals surface area contributed by atoms with Crippen LogP contribution in [0, 0.1) is 0 Å². The van der Waals surface area contributed by atoms with Crippen molar-refractivity contribution in [1.82, 2.24) is 4.90 Å². The molecule has 0 spiro atoms. The van der Waals surface area contributed by atoms with Crippen molar-refractivity contribution in [2.75, 3.05) is 13.6 Å². The molecule has 0 radical (unpaired) electrons. The van der Waals surface area contributed by atoms with E-state index in [1.165, 1.54) is 0 Å². The van der Waals surface area contributed by atoms with Crippen molar-refractivity contribution in [2.24, 2.45) is 11.5 Å². The van der Waals surface area contributed by atoms with E-state index in [9.17, 15) is 0 Å². The van der Waals surface area contributed by atoms with Gasteiger partial charge in [-0.05, 0) is 20.9 Å². The minimum Gasteiger partial charge on any atom is -0.400 e. The third kappa shape index (κ3) is 1.21. The Kier molecular flexibility index (Phi) is 2.14. The molecule has 4 heteroatoms. The molecule has 0 aliphatic carbocycles. The van der Waals surface area contributed by atoms with Gasteiger partial charge in [0, 0.05) is 17.8 Å². The first-order chi connectivity index (χ1) is 5.37. The quantitative estimate of drug-likeness (QED) is 0.573. The molecular weight excluding hydrogens is 170 g/mol. The molecule has 0 fully saturated rings.